The first kappa shape index (κ1) is 13.3. The number of carbonyl (C=O) groups is 2. The molecule has 1 aliphatic heterocycles. The van der Waals surface area contributed by atoms with Gasteiger partial charge in [-0.25, -0.2) is 0 Å². The van der Waals surface area contributed by atoms with Gasteiger partial charge in [-0.05, 0) is 39.8 Å². The fraction of sp³-hybridized carbons (Fsp3) is 0.846. The highest BCUT2D eigenvalue weighted by Gasteiger charge is 2.39. The van der Waals surface area contributed by atoms with E-state index in [4.69, 9.17) is 0 Å². The van der Waals surface area contributed by atoms with Crippen LogP contribution in [0.1, 0.15) is 32.1 Å². The average molecular weight is 253 g/mol. The van der Waals surface area contributed by atoms with Crippen LogP contribution >= 0.6 is 0 Å². The van der Waals surface area contributed by atoms with E-state index in [0.29, 0.717) is 19.4 Å². The van der Waals surface area contributed by atoms with Gasteiger partial charge >= 0.3 is 0 Å². The fourth-order valence-electron chi connectivity index (χ4n) is 2.72. The lowest BCUT2D eigenvalue weighted by atomic mass is 9.75. The summed E-state index contributed by atoms with van der Waals surface area (Å²) in [4.78, 5) is 25.3. The van der Waals surface area contributed by atoms with Gasteiger partial charge in [-0.1, -0.05) is 0 Å². The topological polar surface area (TPSA) is 61.4 Å². The van der Waals surface area contributed by atoms with Gasteiger partial charge in [0.25, 0.3) is 0 Å². The Morgan fingerprint density at radius 1 is 1.50 bits per heavy atom. The van der Waals surface area contributed by atoms with Crippen LogP contribution in [0.25, 0.3) is 0 Å². The van der Waals surface area contributed by atoms with Gasteiger partial charge in [0.2, 0.25) is 11.8 Å². The minimum atomic E-state index is -0.0537. The molecule has 0 aromatic rings. The van der Waals surface area contributed by atoms with Gasteiger partial charge in [-0.15, -0.1) is 0 Å². The van der Waals surface area contributed by atoms with Crippen LogP contribution in [0.4, 0.5) is 0 Å². The van der Waals surface area contributed by atoms with Crippen molar-refractivity contribution in [3.63, 3.8) is 0 Å². The first-order valence-corrected chi connectivity index (χ1v) is 6.75. The van der Waals surface area contributed by atoms with Crippen LogP contribution in [0.5, 0.6) is 0 Å². The standard InChI is InChI=1S/C13H23N3O2/c1-16(2)13(6-3-7-13)9-15-12(18)10-4-5-11(17)14-8-10/h10H,3-9H2,1-2H3,(H,14,17)(H,15,18). The third kappa shape index (κ3) is 2.66. The molecule has 0 bridgehead atoms. The SMILES string of the molecule is CN(C)C1(CNC(=O)C2CCC(=O)NC2)CCC1. The van der Waals surface area contributed by atoms with Crippen molar-refractivity contribution in [2.75, 3.05) is 27.2 Å². The summed E-state index contributed by atoms with van der Waals surface area (Å²) in [6.07, 6.45) is 4.69. The summed E-state index contributed by atoms with van der Waals surface area (Å²) in [5.74, 6) is 0.0907. The second kappa shape index (κ2) is 5.26. The molecular weight excluding hydrogens is 230 g/mol. The number of nitrogens with zero attached hydrogens (tertiary/aromatic N) is 1. The van der Waals surface area contributed by atoms with E-state index < -0.39 is 0 Å². The van der Waals surface area contributed by atoms with Crippen molar-refractivity contribution in [1.29, 1.82) is 0 Å². The second-order valence-electron chi connectivity index (χ2n) is 5.73. The molecule has 2 aliphatic rings. The predicted octanol–water partition coefficient (Wildman–Crippen LogP) is 0.113. The molecule has 2 amide bonds. The molecule has 1 saturated heterocycles. The molecule has 5 nitrogen and oxygen atoms in total. The summed E-state index contributed by atoms with van der Waals surface area (Å²) < 4.78 is 0. The van der Waals surface area contributed by atoms with E-state index in [1.807, 2.05) is 0 Å². The van der Waals surface area contributed by atoms with E-state index in [1.165, 1.54) is 6.42 Å². The van der Waals surface area contributed by atoms with Crippen molar-refractivity contribution in [2.45, 2.75) is 37.6 Å². The van der Waals surface area contributed by atoms with Crippen molar-refractivity contribution < 1.29 is 9.59 Å². The van der Waals surface area contributed by atoms with E-state index in [-0.39, 0.29) is 23.3 Å². The van der Waals surface area contributed by atoms with E-state index >= 15 is 0 Å². The molecule has 2 N–H and O–H groups in total. The van der Waals surface area contributed by atoms with Crippen molar-refractivity contribution in [2.24, 2.45) is 5.92 Å². The van der Waals surface area contributed by atoms with Crippen LogP contribution in [0.15, 0.2) is 0 Å². The molecule has 1 heterocycles. The third-order valence-electron chi connectivity index (χ3n) is 4.46. The smallest absolute Gasteiger partial charge is 0.224 e. The molecule has 0 aromatic heterocycles. The number of piperidine rings is 1. The Balaban J connectivity index is 1.79. The molecule has 0 radical (unpaired) electrons. The number of likely N-dealkylation sites (N-methyl/N-ethyl adjacent to an activating group) is 1. The van der Waals surface area contributed by atoms with Crippen molar-refractivity contribution in [1.82, 2.24) is 15.5 Å². The Kier molecular flexibility index (Phi) is 3.90. The highest BCUT2D eigenvalue weighted by atomic mass is 16.2. The zero-order valence-corrected chi connectivity index (χ0v) is 11.3. The molecule has 1 unspecified atom stereocenters. The Morgan fingerprint density at radius 3 is 2.67 bits per heavy atom. The molecule has 1 atom stereocenters. The quantitative estimate of drug-likeness (QED) is 0.748. The first-order valence-electron chi connectivity index (χ1n) is 6.75. The second-order valence-corrected chi connectivity index (χ2v) is 5.73. The van der Waals surface area contributed by atoms with Gasteiger partial charge in [-0.3, -0.25) is 9.59 Å². The van der Waals surface area contributed by atoms with E-state index in [2.05, 4.69) is 29.6 Å². The molecule has 18 heavy (non-hydrogen) atoms. The molecule has 2 fully saturated rings. The maximum atomic E-state index is 12.0. The molecule has 2 rings (SSSR count). The van der Waals surface area contributed by atoms with Crippen LogP contribution in [0.3, 0.4) is 0 Å². The van der Waals surface area contributed by atoms with Crippen molar-refractivity contribution in [3.8, 4) is 0 Å². The molecule has 5 heteroatoms. The summed E-state index contributed by atoms with van der Waals surface area (Å²) in [6, 6.07) is 0. The Bertz CT molecular complexity index is 327. The monoisotopic (exact) mass is 253 g/mol. The summed E-state index contributed by atoms with van der Waals surface area (Å²) in [5, 5.41) is 5.81. The minimum Gasteiger partial charge on any atom is -0.355 e. The van der Waals surface area contributed by atoms with Gasteiger partial charge in [0.15, 0.2) is 0 Å². The zero-order valence-electron chi connectivity index (χ0n) is 11.3. The number of carbonyl (C=O) groups excluding carboxylic acids is 2. The van der Waals surface area contributed by atoms with E-state index in [9.17, 15) is 9.59 Å². The Hall–Kier alpha value is -1.10. The van der Waals surface area contributed by atoms with Crippen LogP contribution in [-0.2, 0) is 9.59 Å². The van der Waals surface area contributed by atoms with Gasteiger partial charge in [0, 0.05) is 25.0 Å². The number of amides is 2. The lowest BCUT2D eigenvalue weighted by molar-refractivity contribution is -0.129. The number of nitrogens with one attached hydrogen (secondary N) is 2. The van der Waals surface area contributed by atoms with Crippen LogP contribution < -0.4 is 10.6 Å². The third-order valence-corrected chi connectivity index (χ3v) is 4.46. The first-order chi connectivity index (χ1) is 8.53. The molecule has 0 spiro atoms. The molecule has 102 valence electrons. The number of hydrogen-bond acceptors (Lipinski definition) is 3. The maximum Gasteiger partial charge on any atom is 0.224 e. The summed E-state index contributed by atoms with van der Waals surface area (Å²) >= 11 is 0. The summed E-state index contributed by atoms with van der Waals surface area (Å²) in [7, 11) is 4.15. The summed E-state index contributed by atoms with van der Waals surface area (Å²) in [5.41, 5.74) is 0.160. The molecular formula is C13H23N3O2. The molecule has 1 aliphatic carbocycles. The van der Waals surface area contributed by atoms with Crippen LogP contribution in [0, 0.1) is 5.92 Å². The predicted molar refractivity (Wildman–Crippen MR) is 69.0 cm³/mol. The Morgan fingerprint density at radius 2 is 2.22 bits per heavy atom. The van der Waals surface area contributed by atoms with Crippen LogP contribution in [-0.4, -0.2) is 49.4 Å². The summed E-state index contributed by atoms with van der Waals surface area (Å²) in [6.45, 7) is 1.21. The normalized spacial score (nSPS) is 26.4. The highest BCUT2D eigenvalue weighted by molar-refractivity contribution is 5.83. The minimum absolute atomic E-state index is 0.0537. The van der Waals surface area contributed by atoms with Crippen LogP contribution in [0.2, 0.25) is 0 Å². The molecule has 1 saturated carbocycles. The van der Waals surface area contributed by atoms with Crippen molar-refractivity contribution in [3.05, 3.63) is 0 Å². The Labute approximate surface area is 108 Å². The zero-order chi connectivity index (χ0) is 13.2. The number of hydrogen-bond donors (Lipinski definition) is 2. The van der Waals surface area contributed by atoms with Gasteiger partial charge in [0.05, 0.1) is 5.92 Å². The average Bonchev–Trinajstić information content (AvgIpc) is 2.27. The fourth-order valence-corrected chi connectivity index (χ4v) is 2.72. The highest BCUT2D eigenvalue weighted by Crippen LogP contribution is 2.35. The van der Waals surface area contributed by atoms with E-state index in [1.54, 1.807) is 0 Å². The van der Waals surface area contributed by atoms with Gasteiger partial charge < -0.3 is 15.5 Å². The molecule has 0 aromatic carbocycles. The van der Waals surface area contributed by atoms with E-state index in [0.717, 1.165) is 19.4 Å². The van der Waals surface area contributed by atoms with Gasteiger partial charge in [-0.2, -0.15) is 0 Å². The van der Waals surface area contributed by atoms with Gasteiger partial charge in [0.1, 0.15) is 0 Å². The lowest BCUT2D eigenvalue weighted by Gasteiger charge is -2.47. The maximum absolute atomic E-state index is 12.0. The number of rotatable bonds is 4. The lowest BCUT2D eigenvalue weighted by Crippen LogP contribution is -2.58. The van der Waals surface area contributed by atoms with Crippen molar-refractivity contribution >= 4 is 11.8 Å². The largest absolute Gasteiger partial charge is 0.355 e.